The molecule has 2 aromatic heterocycles. The predicted molar refractivity (Wildman–Crippen MR) is 105 cm³/mol. The molecule has 6 N–H and O–H groups in total. The number of aliphatic hydroxyl groups is 3. The van der Waals surface area contributed by atoms with Crippen molar-refractivity contribution in [2.45, 2.75) is 36.8 Å². The van der Waals surface area contributed by atoms with Crippen LogP contribution >= 0.6 is 11.6 Å². The summed E-state index contributed by atoms with van der Waals surface area (Å²) in [6.45, 7) is 0. The molecule has 0 saturated carbocycles. The molecule has 0 radical (unpaired) electrons. The largest absolute Gasteiger partial charge is 0.490 e. The van der Waals surface area contributed by atoms with E-state index in [1.807, 2.05) is 0 Å². The molecular formula is C18H17ClF3N5O7. The minimum Gasteiger partial charge on any atom is -0.475 e. The van der Waals surface area contributed by atoms with Gasteiger partial charge in [0.05, 0.1) is 12.7 Å². The Morgan fingerprint density at radius 2 is 1.82 bits per heavy atom. The van der Waals surface area contributed by atoms with E-state index >= 15 is 0 Å². The summed E-state index contributed by atoms with van der Waals surface area (Å²) < 4.78 is 38.9. The Morgan fingerprint density at radius 1 is 1.21 bits per heavy atom. The van der Waals surface area contributed by atoms with Crippen LogP contribution < -0.4 is 5.49 Å². The van der Waals surface area contributed by atoms with Crippen LogP contribution in [0.4, 0.5) is 13.2 Å². The maximum Gasteiger partial charge on any atom is 0.490 e. The smallest absolute Gasteiger partial charge is 0.475 e. The fourth-order valence-electron chi connectivity index (χ4n) is 3.18. The first-order chi connectivity index (χ1) is 16.0. The first kappa shape index (κ1) is 25.4. The summed E-state index contributed by atoms with van der Waals surface area (Å²) in [6, 6.07) is 6.45. The summed E-state index contributed by atoms with van der Waals surface area (Å²) in [7, 11) is 0. The normalized spacial score (nSPS) is 24.0. The zero-order valence-corrected chi connectivity index (χ0v) is 17.5. The van der Waals surface area contributed by atoms with E-state index in [0.29, 0.717) is 16.2 Å². The van der Waals surface area contributed by atoms with Crippen LogP contribution in [0.25, 0.3) is 11.2 Å². The Balaban J connectivity index is 0.000000406. The monoisotopic (exact) mass is 507 g/mol. The minimum absolute atomic E-state index is 0.00622. The molecule has 1 aliphatic heterocycles. The average molecular weight is 508 g/mol. The lowest BCUT2D eigenvalue weighted by Crippen LogP contribution is -2.34. The molecule has 34 heavy (non-hydrogen) atoms. The number of alkyl halides is 3. The Hall–Kier alpha value is -3.24. The van der Waals surface area contributed by atoms with E-state index in [2.05, 4.69) is 20.1 Å². The standard InChI is InChI=1S/C16H16ClN5O5.C2HF3O2/c17-8-3-1-7(2-4-8)10(23)13-11(24)12(25)16(27-13)22-6-20-9-14(21-26)18-5-19-15(9)22;3-2(4,5)1(6)7/h1-6,10-13,16,23-26H,(H,18,19,21);(H,6,7)/t10?,11-,12+,13+,16+;/m0./s1. The van der Waals surface area contributed by atoms with Gasteiger partial charge in [-0.2, -0.15) is 13.2 Å². The van der Waals surface area contributed by atoms with E-state index in [-0.39, 0.29) is 11.0 Å². The fraction of sp³-hybridized carbons (Fsp3) is 0.333. The molecule has 1 aliphatic rings. The van der Waals surface area contributed by atoms with Crippen LogP contribution in [0.5, 0.6) is 0 Å². The number of carbonyl (C=O) groups is 1. The first-order valence-electron chi connectivity index (χ1n) is 9.29. The Morgan fingerprint density at radius 3 is 2.38 bits per heavy atom. The number of carboxylic acids is 1. The second-order valence-corrected chi connectivity index (χ2v) is 7.38. The number of aromatic amines is 1. The number of nitrogens with one attached hydrogen (secondary N) is 1. The molecular weight excluding hydrogens is 491 g/mol. The van der Waals surface area contributed by atoms with Crippen LogP contribution in [0.1, 0.15) is 17.9 Å². The summed E-state index contributed by atoms with van der Waals surface area (Å²) in [5.41, 5.74) is 1.11. The van der Waals surface area contributed by atoms with Gasteiger partial charge in [0.2, 0.25) is 5.49 Å². The van der Waals surface area contributed by atoms with Crippen LogP contribution in [0, 0.1) is 0 Å². The van der Waals surface area contributed by atoms with Gasteiger partial charge in [0.15, 0.2) is 11.7 Å². The highest BCUT2D eigenvalue weighted by Crippen LogP contribution is 2.37. The minimum atomic E-state index is -5.08. The van der Waals surface area contributed by atoms with Crippen LogP contribution in [0.3, 0.4) is 0 Å². The number of carboxylic acid groups (broad SMARTS) is 1. The second kappa shape index (κ2) is 9.94. The maximum absolute atomic E-state index is 10.6. The number of aromatic nitrogens is 4. The Bertz CT molecular complexity index is 1220. The van der Waals surface area contributed by atoms with Gasteiger partial charge in [-0.15, -0.1) is 0 Å². The number of hydrogen-bond acceptors (Lipinski definition) is 9. The number of benzene rings is 1. The van der Waals surface area contributed by atoms with Crippen LogP contribution in [-0.2, 0) is 9.53 Å². The fourth-order valence-corrected chi connectivity index (χ4v) is 3.30. The number of imidazole rings is 1. The number of hydrogen-bond donors (Lipinski definition) is 6. The summed E-state index contributed by atoms with van der Waals surface area (Å²) in [4.78, 5) is 19.7. The Labute approximate surface area is 192 Å². The van der Waals surface area contributed by atoms with Gasteiger partial charge >= 0.3 is 12.1 Å². The van der Waals surface area contributed by atoms with E-state index in [4.69, 9.17) is 31.4 Å². The molecule has 12 nitrogen and oxygen atoms in total. The number of nitrogens with zero attached hydrogens (tertiary/aromatic N) is 4. The molecule has 1 saturated heterocycles. The van der Waals surface area contributed by atoms with Crippen LogP contribution in [-0.4, -0.2) is 75.6 Å². The summed E-state index contributed by atoms with van der Waals surface area (Å²) >= 11 is 5.85. The molecule has 4 rings (SSSR count). The SMILES string of the molecule is O=C(O)C(F)(F)F.ON=c1nc[nH]c2c1ncn2[C@@H]1O[C@H](C(O)c2ccc(Cl)cc2)[C@@H](O)[C@H]1O. The van der Waals surface area contributed by atoms with Gasteiger partial charge in [0, 0.05) is 5.02 Å². The topological polar surface area (TPSA) is 186 Å². The first-order valence-corrected chi connectivity index (χ1v) is 9.67. The number of aliphatic carboxylic acids is 1. The van der Waals surface area contributed by atoms with Crippen LogP contribution in [0.2, 0.25) is 5.02 Å². The highest BCUT2D eigenvalue weighted by atomic mass is 35.5. The molecule has 3 aromatic rings. The highest BCUT2D eigenvalue weighted by Gasteiger charge is 2.47. The molecule has 0 bridgehead atoms. The molecule has 1 fully saturated rings. The van der Waals surface area contributed by atoms with Gasteiger partial charge in [0.25, 0.3) is 0 Å². The summed E-state index contributed by atoms with van der Waals surface area (Å²) in [5, 5.41) is 51.1. The lowest BCUT2D eigenvalue weighted by molar-refractivity contribution is -0.192. The number of aliphatic hydroxyl groups excluding tert-OH is 3. The van der Waals surface area contributed by atoms with Crippen LogP contribution in [0.15, 0.2) is 42.1 Å². The molecule has 1 aromatic carbocycles. The zero-order valence-electron chi connectivity index (χ0n) is 16.7. The number of ether oxygens (including phenoxy) is 1. The molecule has 5 atom stereocenters. The summed E-state index contributed by atoms with van der Waals surface area (Å²) in [6.07, 6.45) is -8.38. The number of fused-ring (bicyclic) bond motifs is 1. The highest BCUT2D eigenvalue weighted by molar-refractivity contribution is 6.30. The number of H-pyrrole nitrogens is 1. The van der Waals surface area contributed by atoms with Gasteiger partial charge in [-0.05, 0) is 17.7 Å². The maximum atomic E-state index is 10.6. The van der Waals surface area contributed by atoms with E-state index < -0.39 is 42.8 Å². The van der Waals surface area contributed by atoms with Crippen molar-refractivity contribution >= 4 is 28.7 Å². The van der Waals surface area contributed by atoms with E-state index in [1.54, 1.807) is 24.3 Å². The number of rotatable bonds is 3. The molecule has 0 spiro atoms. The van der Waals surface area contributed by atoms with Gasteiger partial charge in [-0.3, -0.25) is 4.57 Å². The van der Waals surface area contributed by atoms with Crippen molar-refractivity contribution in [3.05, 3.63) is 53.0 Å². The lowest BCUT2D eigenvalue weighted by atomic mass is 9.99. The average Bonchev–Trinajstić information content (AvgIpc) is 3.34. The van der Waals surface area contributed by atoms with Crippen molar-refractivity contribution in [3.8, 4) is 0 Å². The van der Waals surface area contributed by atoms with Gasteiger partial charge < -0.3 is 35.4 Å². The van der Waals surface area contributed by atoms with Gasteiger partial charge in [0.1, 0.15) is 30.1 Å². The van der Waals surface area contributed by atoms with Crippen molar-refractivity contribution in [3.63, 3.8) is 0 Å². The number of halogens is 4. The third kappa shape index (κ3) is 5.13. The molecule has 3 heterocycles. The molecule has 16 heteroatoms. The van der Waals surface area contributed by atoms with Crippen molar-refractivity contribution < 1.29 is 48.3 Å². The van der Waals surface area contributed by atoms with Gasteiger partial charge in [-0.25, -0.2) is 14.8 Å². The molecule has 0 aliphatic carbocycles. The van der Waals surface area contributed by atoms with Crippen molar-refractivity contribution in [2.24, 2.45) is 5.16 Å². The predicted octanol–water partition coefficient (Wildman–Crippen LogP) is 0.689. The van der Waals surface area contributed by atoms with E-state index in [0.717, 1.165) is 0 Å². The van der Waals surface area contributed by atoms with E-state index in [1.165, 1.54) is 17.2 Å². The van der Waals surface area contributed by atoms with Gasteiger partial charge in [-0.1, -0.05) is 28.9 Å². The quantitative estimate of drug-likeness (QED) is 0.219. The van der Waals surface area contributed by atoms with Crippen molar-refractivity contribution in [2.75, 3.05) is 0 Å². The van der Waals surface area contributed by atoms with Crippen molar-refractivity contribution in [1.29, 1.82) is 0 Å². The third-order valence-corrected chi connectivity index (χ3v) is 5.05. The van der Waals surface area contributed by atoms with E-state index in [9.17, 15) is 28.5 Å². The Kier molecular flexibility index (Phi) is 7.42. The second-order valence-electron chi connectivity index (χ2n) is 6.95. The molecule has 1 unspecified atom stereocenters. The molecule has 184 valence electrons. The third-order valence-electron chi connectivity index (χ3n) is 4.80. The zero-order chi connectivity index (χ0) is 25.2. The lowest BCUT2D eigenvalue weighted by Gasteiger charge is -2.21. The summed E-state index contributed by atoms with van der Waals surface area (Å²) in [5.74, 6) is -2.76. The molecule has 0 amide bonds. The van der Waals surface area contributed by atoms with Crippen molar-refractivity contribution in [1.82, 2.24) is 19.5 Å².